The van der Waals surface area contributed by atoms with Crippen LogP contribution in [0.15, 0.2) is 24.3 Å². The fourth-order valence-corrected chi connectivity index (χ4v) is 2.79. The molecule has 5 heteroatoms. The first kappa shape index (κ1) is 15.1. The van der Waals surface area contributed by atoms with Crippen molar-refractivity contribution < 1.29 is 4.74 Å². The molecule has 0 radical (unpaired) electrons. The minimum atomic E-state index is 0.292. The van der Waals surface area contributed by atoms with Crippen LogP contribution in [0.2, 0.25) is 0 Å². The largest absolute Gasteiger partial charge is 0.496 e. The quantitative estimate of drug-likeness (QED) is 0.811. The van der Waals surface area contributed by atoms with Gasteiger partial charge in [0.2, 0.25) is 0 Å². The lowest BCUT2D eigenvalue weighted by Gasteiger charge is -2.29. The molecule has 2 N–H and O–H groups in total. The lowest BCUT2D eigenvalue weighted by Crippen LogP contribution is -2.40. The van der Waals surface area contributed by atoms with E-state index in [1.165, 1.54) is 18.4 Å². The summed E-state index contributed by atoms with van der Waals surface area (Å²) >= 11 is 5.19. The Morgan fingerprint density at radius 2 is 2.05 bits per heavy atom. The average molecular weight is 293 g/mol. The van der Waals surface area contributed by atoms with Crippen LogP contribution in [0, 0.1) is 0 Å². The van der Waals surface area contributed by atoms with Gasteiger partial charge in [0.05, 0.1) is 13.2 Å². The molecule has 1 heterocycles. The van der Waals surface area contributed by atoms with E-state index >= 15 is 0 Å². The third-order valence-electron chi connectivity index (χ3n) is 3.76. The second-order valence-corrected chi connectivity index (χ2v) is 5.37. The fraction of sp³-hybridized carbons (Fsp3) is 0.533. The van der Waals surface area contributed by atoms with E-state index in [1.807, 2.05) is 19.2 Å². The van der Waals surface area contributed by atoms with Crippen molar-refractivity contribution in [3.05, 3.63) is 29.8 Å². The third kappa shape index (κ3) is 3.61. The number of nitrogens with zero attached hydrogens (tertiary/aromatic N) is 1. The number of rotatable bonds is 5. The fourth-order valence-electron chi connectivity index (χ4n) is 2.71. The first-order valence-corrected chi connectivity index (χ1v) is 7.49. The minimum Gasteiger partial charge on any atom is -0.496 e. The highest BCUT2D eigenvalue weighted by Gasteiger charge is 2.25. The molecule has 1 saturated heterocycles. The molecule has 20 heavy (non-hydrogen) atoms. The molecule has 110 valence electrons. The maximum absolute atomic E-state index is 5.52. The highest BCUT2D eigenvalue weighted by molar-refractivity contribution is 7.80. The molecule has 0 bridgehead atoms. The third-order valence-corrected chi connectivity index (χ3v) is 4.11. The summed E-state index contributed by atoms with van der Waals surface area (Å²) in [5.74, 6) is 0.946. The Hall–Kier alpha value is -1.33. The van der Waals surface area contributed by atoms with Crippen LogP contribution in [0.3, 0.4) is 0 Å². The van der Waals surface area contributed by atoms with Crippen LogP contribution in [-0.2, 0) is 0 Å². The van der Waals surface area contributed by atoms with E-state index in [1.54, 1.807) is 7.11 Å². The first-order chi connectivity index (χ1) is 9.76. The lowest BCUT2D eigenvalue weighted by molar-refractivity contribution is 0.240. The molecule has 0 aromatic heterocycles. The second-order valence-electron chi connectivity index (χ2n) is 4.96. The van der Waals surface area contributed by atoms with Crippen molar-refractivity contribution in [2.24, 2.45) is 0 Å². The molecule has 0 amide bonds. The normalized spacial score (nSPS) is 16.7. The van der Waals surface area contributed by atoms with Crippen LogP contribution in [-0.4, -0.2) is 43.8 Å². The number of nitrogens with one attached hydrogen (secondary N) is 2. The number of thiocarbonyl (C=S) groups is 1. The summed E-state index contributed by atoms with van der Waals surface area (Å²) in [7, 11) is 3.56. The standard InChI is InChI=1S/C15H23N3OS/c1-16-15(20)17-11-13(18-9-5-6-10-18)12-7-3-4-8-14(12)19-2/h3-4,7-8,13H,5-6,9-11H2,1-2H3,(H2,16,17,20)/t13-/m1/s1. The summed E-state index contributed by atoms with van der Waals surface area (Å²) in [5, 5.41) is 6.93. The van der Waals surface area contributed by atoms with Gasteiger partial charge in [0, 0.05) is 19.2 Å². The van der Waals surface area contributed by atoms with Gasteiger partial charge in [-0.15, -0.1) is 0 Å². The smallest absolute Gasteiger partial charge is 0.166 e. The predicted molar refractivity (Wildman–Crippen MR) is 86.2 cm³/mol. The zero-order chi connectivity index (χ0) is 14.4. The molecule has 1 aromatic rings. The van der Waals surface area contributed by atoms with Crippen molar-refractivity contribution in [2.45, 2.75) is 18.9 Å². The molecular formula is C15H23N3OS. The summed E-state index contributed by atoms with van der Waals surface area (Å²) in [6.45, 7) is 3.06. The van der Waals surface area contributed by atoms with Gasteiger partial charge in [0.15, 0.2) is 5.11 Å². The van der Waals surface area contributed by atoms with E-state index in [0.29, 0.717) is 11.2 Å². The van der Waals surface area contributed by atoms with Crippen molar-refractivity contribution in [2.75, 3.05) is 33.8 Å². The Bertz CT molecular complexity index is 446. The van der Waals surface area contributed by atoms with E-state index in [2.05, 4.69) is 27.7 Å². The van der Waals surface area contributed by atoms with Crippen LogP contribution in [0.4, 0.5) is 0 Å². The predicted octanol–water partition coefficient (Wildman–Crippen LogP) is 1.93. The number of para-hydroxylation sites is 1. The van der Waals surface area contributed by atoms with Gasteiger partial charge in [-0.25, -0.2) is 0 Å². The zero-order valence-corrected chi connectivity index (χ0v) is 13.0. The molecule has 1 aliphatic rings. The van der Waals surface area contributed by atoms with Crippen LogP contribution < -0.4 is 15.4 Å². The number of hydrogen-bond acceptors (Lipinski definition) is 3. The van der Waals surface area contributed by atoms with Crippen LogP contribution in [0.1, 0.15) is 24.4 Å². The lowest BCUT2D eigenvalue weighted by atomic mass is 10.0. The maximum Gasteiger partial charge on any atom is 0.166 e. The minimum absolute atomic E-state index is 0.292. The molecular weight excluding hydrogens is 270 g/mol. The molecule has 0 unspecified atom stereocenters. The highest BCUT2D eigenvalue weighted by atomic mass is 32.1. The topological polar surface area (TPSA) is 36.5 Å². The molecule has 1 fully saturated rings. The van der Waals surface area contributed by atoms with E-state index in [4.69, 9.17) is 17.0 Å². The maximum atomic E-state index is 5.52. The highest BCUT2D eigenvalue weighted by Crippen LogP contribution is 2.31. The Kier molecular flexibility index (Phi) is 5.61. The molecule has 0 saturated carbocycles. The molecule has 1 aromatic carbocycles. The summed E-state index contributed by atoms with van der Waals surface area (Å²) in [4.78, 5) is 2.50. The SMILES string of the molecule is CNC(=S)NC[C@H](c1ccccc1OC)N1CCCC1. The van der Waals surface area contributed by atoms with E-state index in [0.717, 1.165) is 25.4 Å². The van der Waals surface area contributed by atoms with Gasteiger partial charge in [0.1, 0.15) is 5.75 Å². The second kappa shape index (κ2) is 7.45. The van der Waals surface area contributed by atoms with Crippen LogP contribution >= 0.6 is 12.2 Å². The number of ether oxygens (including phenoxy) is 1. The van der Waals surface area contributed by atoms with Gasteiger partial charge in [-0.2, -0.15) is 0 Å². The summed E-state index contributed by atoms with van der Waals surface area (Å²) in [6.07, 6.45) is 2.53. The first-order valence-electron chi connectivity index (χ1n) is 7.08. The summed E-state index contributed by atoms with van der Waals surface area (Å²) in [6, 6.07) is 8.53. The van der Waals surface area contributed by atoms with Gasteiger partial charge in [-0.1, -0.05) is 18.2 Å². The van der Waals surface area contributed by atoms with Gasteiger partial charge in [-0.3, -0.25) is 4.90 Å². The van der Waals surface area contributed by atoms with Crippen LogP contribution in [0.25, 0.3) is 0 Å². The molecule has 1 aliphatic heterocycles. The average Bonchev–Trinajstić information content (AvgIpc) is 3.01. The molecule has 0 spiro atoms. The Morgan fingerprint density at radius 3 is 2.70 bits per heavy atom. The summed E-state index contributed by atoms with van der Waals surface area (Å²) in [5.41, 5.74) is 1.23. The molecule has 0 aliphatic carbocycles. The Labute approximate surface area is 126 Å². The van der Waals surface area contributed by atoms with E-state index < -0.39 is 0 Å². The van der Waals surface area contributed by atoms with Gasteiger partial charge in [-0.05, 0) is 44.2 Å². The Balaban J connectivity index is 2.18. The molecule has 2 rings (SSSR count). The van der Waals surface area contributed by atoms with E-state index in [-0.39, 0.29) is 0 Å². The molecule has 1 atom stereocenters. The van der Waals surface area contributed by atoms with Crippen LogP contribution in [0.5, 0.6) is 5.75 Å². The van der Waals surface area contributed by atoms with E-state index in [9.17, 15) is 0 Å². The van der Waals surface area contributed by atoms with Crippen molar-refractivity contribution in [3.8, 4) is 5.75 Å². The van der Waals surface area contributed by atoms with Gasteiger partial charge in [0.25, 0.3) is 0 Å². The van der Waals surface area contributed by atoms with Crippen molar-refractivity contribution >= 4 is 17.3 Å². The number of benzene rings is 1. The number of hydrogen-bond donors (Lipinski definition) is 2. The number of methoxy groups -OCH3 is 1. The zero-order valence-electron chi connectivity index (χ0n) is 12.2. The van der Waals surface area contributed by atoms with Crippen molar-refractivity contribution in [1.82, 2.24) is 15.5 Å². The monoisotopic (exact) mass is 293 g/mol. The summed E-state index contributed by atoms with van der Waals surface area (Å²) < 4.78 is 5.52. The van der Waals surface area contributed by atoms with Gasteiger partial charge >= 0.3 is 0 Å². The Morgan fingerprint density at radius 1 is 1.35 bits per heavy atom. The van der Waals surface area contributed by atoms with Crippen molar-refractivity contribution in [3.63, 3.8) is 0 Å². The van der Waals surface area contributed by atoms with Gasteiger partial charge < -0.3 is 15.4 Å². The van der Waals surface area contributed by atoms with Crippen molar-refractivity contribution in [1.29, 1.82) is 0 Å². The molecule has 4 nitrogen and oxygen atoms in total. The number of likely N-dealkylation sites (tertiary alicyclic amines) is 1.